The minimum absolute atomic E-state index is 0.0800. The minimum atomic E-state index is -0.309. The van der Waals surface area contributed by atoms with Crippen molar-refractivity contribution in [3.8, 4) is 11.5 Å². The van der Waals surface area contributed by atoms with Crippen molar-refractivity contribution in [2.75, 3.05) is 13.7 Å². The van der Waals surface area contributed by atoms with Crippen LogP contribution in [0, 0.1) is 0 Å². The van der Waals surface area contributed by atoms with Gasteiger partial charge in [-0.1, -0.05) is 18.2 Å². The van der Waals surface area contributed by atoms with Gasteiger partial charge in [-0.3, -0.25) is 4.79 Å². The van der Waals surface area contributed by atoms with E-state index in [4.69, 9.17) is 9.47 Å². The van der Waals surface area contributed by atoms with Crippen LogP contribution in [-0.4, -0.2) is 25.3 Å². The molecule has 0 unspecified atom stereocenters. The first-order valence-corrected chi connectivity index (χ1v) is 6.84. The molecule has 0 fully saturated rings. The van der Waals surface area contributed by atoms with Crippen molar-refractivity contribution in [2.24, 2.45) is 5.10 Å². The zero-order valence-corrected chi connectivity index (χ0v) is 12.6. The Hall–Kier alpha value is -2.82. The summed E-state index contributed by atoms with van der Waals surface area (Å²) in [6, 6.07) is 16.6. The number of carbonyl (C=O) groups excluding carboxylic acids is 1. The smallest absolute Gasteiger partial charge is 0.277 e. The van der Waals surface area contributed by atoms with E-state index in [1.807, 2.05) is 49.4 Å². The molecule has 2 rings (SSSR count). The summed E-state index contributed by atoms with van der Waals surface area (Å²) in [5, 5.41) is 4.06. The Kier molecular flexibility index (Phi) is 5.54. The maximum atomic E-state index is 11.7. The van der Waals surface area contributed by atoms with Crippen molar-refractivity contribution < 1.29 is 14.3 Å². The van der Waals surface area contributed by atoms with E-state index < -0.39 is 0 Å². The number of hydrazone groups is 1. The standard InChI is InChI=1S/C17H18N2O3/c1-13(14-8-10-15(21-2)11-9-14)18-19-17(20)12-22-16-6-4-3-5-7-16/h3-11H,12H2,1-2H3,(H,19,20). The van der Waals surface area contributed by atoms with E-state index in [2.05, 4.69) is 10.5 Å². The zero-order valence-electron chi connectivity index (χ0n) is 12.6. The molecule has 0 heterocycles. The summed E-state index contributed by atoms with van der Waals surface area (Å²) in [6.07, 6.45) is 0. The summed E-state index contributed by atoms with van der Waals surface area (Å²) in [4.78, 5) is 11.7. The van der Waals surface area contributed by atoms with Crippen LogP contribution in [-0.2, 0) is 4.79 Å². The van der Waals surface area contributed by atoms with Crippen LogP contribution in [0.5, 0.6) is 11.5 Å². The molecule has 0 spiro atoms. The fourth-order valence-corrected chi connectivity index (χ4v) is 1.74. The predicted molar refractivity (Wildman–Crippen MR) is 85.3 cm³/mol. The van der Waals surface area contributed by atoms with Gasteiger partial charge in [0.25, 0.3) is 5.91 Å². The van der Waals surface area contributed by atoms with Gasteiger partial charge in [0.15, 0.2) is 6.61 Å². The lowest BCUT2D eigenvalue weighted by Crippen LogP contribution is -2.25. The summed E-state index contributed by atoms with van der Waals surface area (Å²) < 4.78 is 10.4. The molecule has 0 aliphatic rings. The van der Waals surface area contributed by atoms with Crippen molar-refractivity contribution in [1.29, 1.82) is 0 Å². The molecule has 0 aliphatic heterocycles. The molecule has 114 valence electrons. The van der Waals surface area contributed by atoms with Crippen LogP contribution < -0.4 is 14.9 Å². The quantitative estimate of drug-likeness (QED) is 0.659. The van der Waals surface area contributed by atoms with Gasteiger partial charge in [-0.25, -0.2) is 5.43 Å². The highest BCUT2D eigenvalue weighted by Gasteiger charge is 2.03. The molecule has 0 bridgehead atoms. The lowest BCUT2D eigenvalue weighted by Gasteiger charge is -2.06. The number of hydrogen-bond acceptors (Lipinski definition) is 4. The first-order valence-electron chi connectivity index (χ1n) is 6.84. The van der Waals surface area contributed by atoms with Crippen molar-refractivity contribution in [2.45, 2.75) is 6.92 Å². The molecule has 22 heavy (non-hydrogen) atoms. The Labute approximate surface area is 129 Å². The van der Waals surface area contributed by atoms with Gasteiger partial charge in [-0.05, 0) is 48.9 Å². The number of hydrogen-bond donors (Lipinski definition) is 1. The lowest BCUT2D eigenvalue weighted by molar-refractivity contribution is -0.123. The maximum absolute atomic E-state index is 11.7. The Morgan fingerprint density at radius 2 is 1.73 bits per heavy atom. The molecular formula is C17H18N2O3. The number of rotatable bonds is 6. The molecule has 0 aliphatic carbocycles. The van der Waals surface area contributed by atoms with Gasteiger partial charge in [-0.15, -0.1) is 0 Å². The second-order valence-electron chi connectivity index (χ2n) is 4.56. The highest BCUT2D eigenvalue weighted by molar-refractivity contribution is 5.99. The van der Waals surface area contributed by atoms with Crippen molar-refractivity contribution in [3.63, 3.8) is 0 Å². The van der Waals surface area contributed by atoms with Crippen molar-refractivity contribution >= 4 is 11.6 Å². The van der Waals surface area contributed by atoms with Gasteiger partial charge in [0.1, 0.15) is 11.5 Å². The van der Waals surface area contributed by atoms with E-state index in [0.29, 0.717) is 11.5 Å². The number of amides is 1. The van der Waals surface area contributed by atoms with Gasteiger partial charge in [0.2, 0.25) is 0 Å². The van der Waals surface area contributed by atoms with E-state index in [-0.39, 0.29) is 12.5 Å². The highest BCUT2D eigenvalue weighted by atomic mass is 16.5. The number of benzene rings is 2. The number of nitrogens with zero attached hydrogens (tertiary/aromatic N) is 1. The van der Waals surface area contributed by atoms with Crippen LogP contribution in [0.3, 0.4) is 0 Å². The Morgan fingerprint density at radius 3 is 2.36 bits per heavy atom. The van der Waals surface area contributed by atoms with E-state index in [1.165, 1.54) is 0 Å². The van der Waals surface area contributed by atoms with Crippen LogP contribution in [0.15, 0.2) is 59.7 Å². The minimum Gasteiger partial charge on any atom is -0.497 e. The number of carbonyl (C=O) groups is 1. The van der Waals surface area contributed by atoms with Gasteiger partial charge in [0.05, 0.1) is 12.8 Å². The fourth-order valence-electron chi connectivity index (χ4n) is 1.74. The predicted octanol–water partition coefficient (Wildman–Crippen LogP) is 2.61. The summed E-state index contributed by atoms with van der Waals surface area (Å²) in [5.74, 6) is 1.11. The molecule has 0 saturated carbocycles. The molecule has 0 aromatic heterocycles. The summed E-state index contributed by atoms with van der Waals surface area (Å²) >= 11 is 0. The third kappa shape index (κ3) is 4.63. The van der Waals surface area contributed by atoms with Gasteiger partial charge >= 0.3 is 0 Å². The van der Waals surface area contributed by atoms with E-state index in [0.717, 1.165) is 11.3 Å². The van der Waals surface area contributed by atoms with Gasteiger partial charge in [0, 0.05) is 0 Å². The molecule has 0 radical (unpaired) electrons. The van der Waals surface area contributed by atoms with E-state index >= 15 is 0 Å². The van der Waals surface area contributed by atoms with Crippen LogP contribution in [0.25, 0.3) is 0 Å². The molecular weight excluding hydrogens is 280 g/mol. The van der Waals surface area contributed by atoms with Gasteiger partial charge in [-0.2, -0.15) is 5.10 Å². The van der Waals surface area contributed by atoms with Crippen LogP contribution in [0.1, 0.15) is 12.5 Å². The average Bonchev–Trinajstić information content (AvgIpc) is 2.58. The third-order valence-corrected chi connectivity index (χ3v) is 2.97. The average molecular weight is 298 g/mol. The molecule has 0 atom stereocenters. The second kappa shape index (κ2) is 7.83. The Balaban J connectivity index is 1.85. The zero-order chi connectivity index (χ0) is 15.8. The summed E-state index contributed by atoms with van der Waals surface area (Å²) in [5.41, 5.74) is 4.08. The van der Waals surface area contributed by atoms with E-state index in [1.54, 1.807) is 19.2 Å². The second-order valence-corrected chi connectivity index (χ2v) is 4.56. The first-order chi connectivity index (χ1) is 10.7. The number of nitrogens with one attached hydrogen (secondary N) is 1. The molecule has 1 amide bonds. The molecule has 1 N–H and O–H groups in total. The van der Waals surface area contributed by atoms with Crippen LogP contribution in [0.2, 0.25) is 0 Å². The lowest BCUT2D eigenvalue weighted by atomic mass is 10.1. The number of methoxy groups -OCH3 is 1. The molecule has 2 aromatic carbocycles. The Bertz CT molecular complexity index is 637. The SMILES string of the molecule is COc1ccc(C(C)=NNC(=O)COc2ccccc2)cc1. The highest BCUT2D eigenvalue weighted by Crippen LogP contribution is 2.11. The number of para-hydroxylation sites is 1. The topological polar surface area (TPSA) is 59.9 Å². The monoisotopic (exact) mass is 298 g/mol. The first kappa shape index (κ1) is 15.6. The van der Waals surface area contributed by atoms with Crippen LogP contribution in [0.4, 0.5) is 0 Å². The Morgan fingerprint density at radius 1 is 1.05 bits per heavy atom. The van der Waals surface area contributed by atoms with Crippen molar-refractivity contribution in [1.82, 2.24) is 5.43 Å². The van der Waals surface area contributed by atoms with Crippen LogP contribution >= 0.6 is 0 Å². The number of ether oxygens (including phenoxy) is 2. The largest absolute Gasteiger partial charge is 0.497 e. The summed E-state index contributed by atoms with van der Waals surface area (Å²) in [7, 11) is 1.61. The molecule has 0 saturated heterocycles. The van der Waals surface area contributed by atoms with Crippen molar-refractivity contribution in [3.05, 3.63) is 60.2 Å². The molecule has 2 aromatic rings. The van der Waals surface area contributed by atoms with E-state index in [9.17, 15) is 4.79 Å². The molecule has 5 heteroatoms. The fraction of sp³-hybridized carbons (Fsp3) is 0.176. The summed E-state index contributed by atoms with van der Waals surface area (Å²) in [6.45, 7) is 1.74. The van der Waals surface area contributed by atoms with Gasteiger partial charge < -0.3 is 9.47 Å². The molecule has 5 nitrogen and oxygen atoms in total. The normalized spacial score (nSPS) is 10.9. The maximum Gasteiger partial charge on any atom is 0.277 e. The third-order valence-electron chi connectivity index (χ3n) is 2.97.